The van der Waals surface area contributed by atoms with Crippen LogP contribution in [0.5, 0.6) is 0 Å². The van der Waals surface area contributed by atoms with Crippen molar-refractivity contribution < 1.29 is 19.4 Å². The fourth-order valence-electron chi connectivity index (χ4n) is 0.537. The van der Waals surface area contributed by atoms with Crippen molar-refractivity contribution in [3.8, 4) is 0 Å². The number of carboxylic acid groups (broad SMARTS) is 1. The van der Waals surface area contributed by atoms with Crippen LogP contribution in [0.3, 0.4) is 0 Å². The van der Waals surface area contributed by atoms with Gasteiger partial charge >= 0.3 is 12.1 Å². The summed E-state index contributed by atoms with van der Waals surface area (Å²) in [6, 6.07) is -1.24. The lowest BCUT2D eigenvalue weighted by atomic mass is 10.3. The van der Waals surface area contributed by atoms with Gasteiger partial charge in [-0.2, -0.15) is 0 Å². The number of aliphatic carboxylic acids is 1. The van der Waals surface area contributed by atoms with E-state index in [-0.39, 0.29) is 0 Å². The highest BCUT2D eigenvalue weighted by molar-refractivity contribution is 6.67. The lowest BCUT2D eigenvalue weighted by Crippen LogP contribution is -2.40. The molecule has 1 atom stereocenters. The summed E-state index contributed by atoms with van der Waals surface area (Å²) in [6.45, 7) is 2.74. The van der Waals surface area contributed by atoms with Crippen molar-refractivity contribution in [1.29, 1.82) is 0 Å². The lowest BCUT2D eigenvalue weighted by molar-refractivity contribution is -0.138. The molecule has 0 aromatic heterocycles. The van der Waals surface area contributed by atoms with Crippen molar-refractivity contribution in [3.63, 3.8) is 0 Å². The van der Waals surface area contributed by atoms with E-state index in [0.29, 0.717) is 0 Å². The molecular weight excluding hydrogens is 268 g/mol. The Kier molecular flexibility index (Phi) is 5.79. The zero-order valence-corrected chi connectivity index (χ0v) is 9.64. The Balaban J connectivity index is 4.03. The maximum atomic E-state index is 10.9. The third-order valence-electron chi connectivity index (χ3n) is 1.14. The van der Waals surface area contributed by atoms with E-state index in [4.69, 9.17) is 39.9 Å². The standard InChI is InChI=1S/C7H8Cl3NO4/c1-2-4(5(12)13)11-6(14)15-3-7(8,9)10/h2,4H,1,3H2,(H,11,14)(H,12,13). The van der Waals surface area contributed by atoms with Crippen LogP contribution in [0.2, 0.25) is 0 Å². The first-order chi connectivity index (χ1) is 6.76. The number of carbonyl (C=O) groups excluding carboxylic acids is 1. The Morgan fingerprint density at radius 3 is 2.40 bits per heavy atom. The van der Waals surface area contributed by atoms with E-state index >= 15 is 0 Å². The van der Waals surface area contributed by atoms with Gasteiger partial charge < -0.3 is 15.2 Å². The lowest BCUT2D eigenvalue weighted by Gasteiger charge is -2.13. The molecule has 15 heavy (non-hydrogen) atoms. The summed E-state index contributed by atoms with van der Waals surface area (Å²) in [5.74, 6) is -1.27. The molecule has 0 rings (SSSR count). The summed E-state index contributed by atoms with van der Waals surface area (Å²) >= 11 is 15.9. The summed E-state index contributed by atoms with van der Waals surface area (Å²) in [4.78, 5) is 21.4. The molecule has 0 saturated heterocycles. The number of carbonyl (C=O) groups is 2. The Bertz CT molecular complexity index is 263. The van der Waals surface area contributed by atoms with E-state index in [1.165, 1.54) is 0 Å². The van der Waals surface area contributed by atoms with Gasteiger partial charge in [0.2, 0.25) is 3.79 Å². The number of amides is 1. The highest BCUT2D eigenvalue weighted by Gasteiger charge is 2.23. The minimum absolute atomic E-state index is 0.479. The van der Waals surface area contributed by atoms with Gasteiger partial charge in [0, 0.05) is 0 Å². The zero-order valence-electron chi connectivity index (χ0n) is 7.37. The van der Waals surface area contributed by atoms with Gasteiger partial charge in [-0.05, 0) is 0 Å². The molecule has 0 heterocycles. The molecule has 0 fully saturated rings. The Labute approximate surface area is 101 Å². The van der Waals surface area contributed by atoms with Crippen molar-refractivity contribution in [2.75, 3.05) is 6.61 Å². The molecule has 0 aliphatic carbocycles. The maximum absolute atomic E-state index is 10.9. The maximum Gasteiger partial charge on any atom is 0.408 e. The van der Waals surface area contributed by atoms with Gasteiger partial charge in [-0.15, -0.1) is 6.58 Å². The van der Waals surface area contributed by atoms with Crippen molar-refractivity contribution in [2.45, 2.75) is 9.83 Å². The van der Waals surface area contributed by atoms with Crippen LogP contribution in [0.25, 0.3) is 0 Å². The van der Waals surface area contributed by atoms with Crippen LogP contribution in [0.1, 0.15) is 0 Å². The first-order valence-corrected chi connectivity index (χ1v) is 4.75. The Morgan fingerprint density at radius 1 is 1.53 bits per heavy atom. The van der Waals surface area contributed by atoms with Gasteiger partial charge in [0.05, 0.1) is 0 Å². The molecule has 0 radical (unpaired) electrons. The van der Waals surface area contributed by atoms with E-state index in [1.54, 1.807) is 0 Å². The minimum atomic E-state index is -1.73. The molecule has 0 aromatic carbocycles. The third-order valence-corrected chi connectivity index (χ3v) is 1.47. The number of hydrogen-bond donors (Lipinski definition) is 2. The second kappa shape index (κ2) is 6.05. The average molecular weight is 277 g/mol. The number of carboxylic acids is 1. The van der Waals surface area contributed by atoms with Crippen LogP contribution < -0.4 is 5.32 Å². The second-order valence-corrected chi connectivity index (χ2v) is 4.90. The highest BCUT2D eigenvalue weighted by Crippen LogP contribution is 2.25. The molecule has 2 N–H and O–H groups in total. The van der Waals surface area contributed by atoms with E-state index in [2.05, 4.69) is 11.3 Å². The number of halogens is 3. The predicted octanol–water partition coefficient (Wildman–Crippen LogP) is 1.72. The topological polar surface area (TPSA) is 75.6 Å². The molecule has 1 amide bonds. The van der Waals surface area contributed by atoms with Crippen LogP contribution in [-0.4, -0.2) is 33.6 Å². The second-order valence-electron chi connectivity index (χ2n) is 2.39. The molecule has 86 valence electrons. The van der Waals surface area contributed by atoms with E-state index in [0.717, 1.165) is 6.08 Å². The molecule has 0 saturated carbocycles. The molecule has 5 nitrogen and oxygen atoms in total. The fraction of sp³-hybridized carbons (Fsp3) is 0.429. The van der Waals surface area contributed by atoms with Crippen LogP contribution in [0.15, 0.2) is 12.7 Å². The number of rotatable bonds is 4. The van der Waals surface area contributed by atoms with Crippen molar-refractivity contribution >= 4 is 46.9 Å². The van der Waals surface area contributed by atoms with E-state index in [1.807, 2.05) is 5.32 Å². The molecule has 8 heteroatoms. The summed E-state index contributed by atoms with van der Waals surface area (Å²) in [5, 5.41) is 10.5. The van der Waals surface area contributed by atoms with Crippen molar-refractivity contribution in [1.82, 2.24) is 5.32 Å². The average Bonchev–Trinajstić information content (AvgIpc) is 2.09. The quantitative estimate of drug-likeness (QED) is 0.605. The van der Waals surface area contributed by atoms with E-state index in [9.17, 15) is 9.59 Å². The van der Waals surface area contributed by atoms with Crippen LogP contribution in [0, 0.1) is 0 Å². The molecule has 0 aliphatic rings. The van der Waals surface area contributed by atoms with Crippen molar-refractivity contribution in [2.24, 2.45) is 0 Å². The zero-order chi connectivity index (χ0) is 12.1. The van der Waals surface area contributed by atoms with Gasteiger partial charge in [0.25, 0.3) is 0 Å². The normalized spacial score (nSPS) is 12.7. The molecule has 1 unspecified atom stereocenters. The number of alkyl halides is 3. The van der Waals surface area contributed by atoms with Gasteiger partial charge in [-0.3, -0.25) is 0 Å². The Morgan fingerprint density at radius 2 is 2.07 bits per heavy atom. The van der Waals surface area contributed by atoms with Gasteiger partial charge in [0.1, 0.15) is 12.6 Å². The summed E-state index contributed by atoms with van der Waals surface area (Å²) < 4.78 is 2.70. The van der Waals surface area contributed by atoms with Crippen molar-refractivity contribution in [3.05, 3.63) is 12.7 Å². The molecule has 0 aromatic rings. The molecule has 0 spiro atoms. The van der Waals surface area contributed by atoms with Gasteiger partial charge in [-0.1, -0.05) is 40.9 Å². The number of alkyl carbamates (subject to hydrolysis) is 1. The Hall–Kier alpha value is -0.650. The monoisotopic (exact) mass is 275 g/mol. The first kappa shape index (κ1) is 14.3. The summed E-state index contributed by atoms with van der Waals surface area (Å²) in [6.07, 6.45) is 0.0208. The van der Waals surface area contributed by atoms with Gasteiger partial charge in [0.15, 0.2) is 0 Å². The number of nitrogens with one attached hydrogen (secondary N) is 1. The molecule has 0 aliphatic heterocycles. The summed E-state index contributed by atoms with van der Waals surface area (Å²) in [5.41, 5.74) is 0. The first-order valence-electron chi connectivity index (χ1n) is 3.61. The predicted molar refractivity (Wildman–Crippen MR) is 56.4 cm³/mol. The summed E-state index contributed by atoms with van der Waals surface area (Å²) in [7, 11) is 0. The SMILES string of the molecule is C=CC(NC(=O)OCC(Cl)(Cl)Cl)C(=O)O. The minimum Gasteiger partial charge on any atom is -0.479 e. The third kappa shape index (κ3) is 7.30. The highest BCUT2D eigenvalue weighted by atomic mass is 35.6. The number of hydrogen-bond acceptors (Lipinski definition) is 3. The van der Waals surface area contributed by atoms with Crippen LogP contribution in [0.4, 0.5) is 4.79 Å². The molecular formula is C7H8Cl3NO4. The fourth-order valence-corrected chi connectivity index (χ4v) is 0.701. The van der Waals surface area contributed by atoms with Crippen LogP contribution >= 0.6 is 34.8 Å². The number of ether oxygens (including phenoxy) is 1. The van der Waals surface area contributed by atoms with Crippen LogP contribution in [-0.2, 0) is 9.53 Å². The van der Waals surface area contributed by atoms with Gasteiger partial charge in [-0.25, -0.2) is 9.59 Å². The molecule has 0 bridgehead atoms. The largest absolute Gasteiger partial charge is 0.479 e. The smallest absolute Gasteiger partial charge is 0.408 e. The van der Waals surface area contributed by atoms with E-state index < -0.39 is 28.5 Å².